The van der Waals surface area contributed by atoms with Crippen LogP contribution in [0.1, 0.15) is 38.2 Å². The van der Waals surface area contributed by atoms with Gasteiger partial charge >= 0.3 is 0 Å². The second kappa shape index (κ2) is 7.63. The highest BCUT2D eigenvalue weighted by molar-refractivity contribution is 5.89. The first-order valence-corrected chi connectivity index (χ1v) is 10.4. The molecule has 4 rings (SSSR count). The molecule has 1 aliphatic carbocycles. The van der Waals surface area contributed by atoms with Crippen LogP contribution in [0.2, 0.25) is 0 Å². The predicted octanol–water partition coefficient (Wildman–Crippen LogP) is 2.12. The number of carbonyl (C=O) groups excluding carboxylic acids is 2. The summed E-state index contributed by atoms with van der Waals surface area (Å²) in [5.41, 5.74) is 0.630. The van der Waals surface area contributed by atoms with Crippen LogP contribution in [-0.4, -0.2) is 72.3 Å². The van der Waals surface area contributed by atoms with Gasteiger partial charge in [0.2, 0.25) is 11.8 Å². The average molecular weight is 370 g/mol. The summed E-state index contributed by atoms with van der Waals surface area (Å²) in [7, 11) is 0. The van der Waals surface area contributed by atoms with Crippen LogP contribution in [0.15, 0.2) is 30.3 Å². The lowest BCUT2D eigenvalue weighted by Crippen LogP contribution is -2.57. The molecule has 146 valence electrons. The van der Waals surface area contributed by atoms with E-state index in [0.29, 0.717) is 13.1 Å². The van der Waals surface area contributed by atoms with Crippen LogP contribution in [0, 0.1) is 5.92 Å². The standard InChI is InChI=1S/C22H31N3O2/c1-18(26)24-11-9-22(10-12-24,20-5-3-2-4-6-20)21(27)25-15-13-23(14-16-25)17-19-7-8-19/h2-6,19H,7-17H2,1H3. The third kappa shape index (κ3) is 3.88. The summed E-state index contributed by atoms with van der Waals surface area (Å²) in [4.78, 5) is 32.0. The zero-order chi connectivity index (χ0) is 18.9. The number of rotatable bonds is 4. The van der Waals surface area contributed by atoms with E-state index in [1.54, 1.807) is 6.92 Å². The molecule has 5 nitrogen and oxygen atoms in total. The highest BCUT2D eigenvalue weighted by atomic mass is 16.2. The van der Waals surface area contributed by atoms with Crippen molar-refractivity contribution in [2.45, 2.75) is 38.0 Å². The Morgan fingerprint density at radius 2 is 1.56 bits per heavy atom. The van der Waals surface area contributed by atoms with Crippen molar-refractivity contribution >= 4 is 11.8 Å². The molecule has 1 saturated carbocycles. The minimum absolute atomic E-state index is 0.109. The number of piperazine rings is 1. The third-order valence-corrected chi connectivity index (χ3v) is 6.67. The molecule has 1 aromatic rings. The number of likely N-dealkylation sites (tertiary alicyclic amines) is 1. The molecule has 2 aliphatic heterocycles. The molecule has 5 heteroatoms. The molecule has 1 aromatic carbocycles. The Kier molecular flexibility index (Phi) is 5.22. The molecule has 0 bridgehead atoms. The van der Waals surface area contributed by atoms with Gasteiger partial charge in [0.05, 0.1) is 5.41 Å². The lowest BCUT2D eigenvalue weighted by Gasteiger charge is -2.45. The van der Waals surface area contributed by atoms with Gasteiger partial charge in [0, 0.05) is 52.7 Å². The van der Waals surface area contributed by atoms with E-state index in [9.17, 15) is 9.59 Å². The fraction of sp³-hybridized carbons (Fsp3) is 0.636. The predicted molar refractivity (Wildman–Crippen MR) is 105 cm³/mol. The molecular weight excluding hydrogens is 338 g/mol. The Balaban J connectivity index is 1.49. The maximum atomic E-state index is 13.7. The number of hydrogen-bond acceptors (Lipinski definition) is 3. The molecular formula is C22H31N3O2. The Morgan fingerprint density at radius 3 is 2.11 bits per heavy atom. The summed E-state index contributed by atoms with van der Waals surface area (Å²) in [5.74, 6) is 1.28. The molecule has 2 saturated heterocycles. The number of amides is 2. The maximum absolute atomic E-state index is 13.7. The Hall–Kier alpha value is -1.88. The summed E-state index contributed by atoms with van der Waals surface area (Å²) in [6, 6.07) is 10.2. The summed E-state index contributed by atoms with van der Waals surface area (Å²) in [5, 5.41) is 0. The van der Waals surface area contributed by atoms with Crippen LogP contribution < -0.4 is 0 Å². The molecule has 0 aromatic heterocycles. The van der Waals surface area contributed by atoms with Gasteiger partial charge in [-0.2, -0.15) is 0 Å². The highest BCUT2D eigenvalue weighted by Gasteiger charge is 2.45. The van der Waals surface area contributed by atoms with E-state index < -0.39 is 5.41 Å². The van der Waals surface area contributed by atoms with Gasteiger partial charge in [0.25, 0.3) is 0 Å². The van der Waals surface area contributed by atoms with E-state index in [-0.39, 0.29) is 11.8 Å². The largest absolute Gasteiger partial charge is 0.343 e. The first-order valence-electron chi connectivity index (χ1n) is 10.4. The van der Waals surface area contributed by atoms with Gasteiger partial charge in [-0.3, -0.25) is 14.5 Å². The molecule has 0 atom stereocenters. The number of carbonyl (C=O) groups is 2. The molecule has 3 fully saturated rings. The molecule has 27 heavy (non-hydrogen) atoms. The minimum atomic E-state index is -0.480. The first kappa shape index (κ1) is 18.5. The van der Waals surface area contributed by atoms with Crippen molar-refractivity contribution in [1.82, 2.24) is 14.7 Å². The van der Waals surface area contributed by atoms with E-state index in [4.69, 9.17) is 0 Å². The smallest absolute Gasteiger partial charge is 0.233 e. The van der Waals surface area contributed by atoms with E-state index in [2.05, 4.69) is 21.9 Å². The van der Waals surface area contributed by atoms with Crippen LogP contribution in [0.25, 0.3) is 0 Å². The molecule has 0 unspecified atom stereocenters. The van der Waals surface area contributed by atoms with Crippen LogP contribution in [0.3, 0.4) is 0 Å². The monoisotopic (exact) mass is 369 g/mol. The lowest BCUT2D eigenvalue weighted by molar-refractivity contribution is -0.144. The second-order valence-electron chi connectivity index (χ2n) is 8.49. The molecule has 3 aliphatic rings. The van der Waals surface area contributed by atoms with Crippen LogP contribution in [-0.2, 0) is 15.0 Å². The van der Waals surface area contributed by atoms with Gasteiger partial charge in [0.1, 0.15) is 0 Å². The zero-order valence-electron chi connectivity index (χ0n) is 16.4. The SMILES string of the molecule is CC(=O)N1CCC(C(=O)N2CCN(CC3CC3)CC2)(c2ccccc2)CC1. The van der Waals surface area contributed by atoms with Gasteiger partial charge in [0.15, 0.2) is 0 Å². The van der Waals surface area contributed by atoms with Crippen molar-refractivity contribution in [3.05, 3.63) is 35.9 Å². The van der Waals surface area contributed by atoms with Gasteiger partial charge in [-0.05, 0) is 37.2 Å². The van der Waals surface area contributed by atoms with Crippen molar-refractivity contribution in [3.8, 4) is 0 Å². The normalized spacial score (nSPS) is 23.3. The number of piperidine rings is 1. The van der Waals surface area contributed by atoms with E-state index in [1.807, 2.05) is 23.1 Å². The Bertz CT molecular complexity index is 670. The molecule has 0 N–H and O–H groups in total. The molecule has 2 amide bonds. The first-order chi connectivity index (χ1) is 13.1. The Labute approximate surface area is 162 Å². The van der Waals surface area contributed by atoms with Gasteiger partial charge in [-0.15, -0.1) is 0 Å². The number of nitrogens with zero attached hydrogens (tertiary/aromatic N) is 3. The van der Waals surface area contributed by atoms with Crippen molar-refractivity contribution in [1.29, 1.82) is 0 Å². The topological polar surface area (TPSA) is 43.9 Å². The fourth-order valence-corrected chi connectivity index (χ4v) is 4.69. The third-order valence-electron chi connectivity index (χ3n) is 6.67. The van der Waals surface area contributed by atoms with Crippen molar-refractivity contribution in [2.24, 2.45) is 5.92 Å². The van der Waals surface area contributed by atoms with Gasteiger partial charge in [-0.1, -0.05) is 30.3 Å². The quantitative estimate of drug-likeness (QED) is 0.817. The van der Waals surface area contributed by atoms with E-state index in [0.717, 1.165) is 50.5 Å². The van der Waals surface area contributed by atoms with Crippen LogP contribution in [0.4, 0.5) is 0 Å². The zero-order valence-corrected chi connectivity index (χ0v) is 16.4. The molecule has 0 radical (unpaired) electrons. The summed E-state index contributed by atoms with van der Waals surface area (Å²) >= 11 is 0. The molecule has 0 spiro atoms. The van der Waals surface area contributed by atoms with Gasteiger partial charge in [-0.25, -0.2) is 0 Å². The number of benzene rings is 1. The lowest BCUT2D eigenvalue weighted by atomic mass is 9.71. The summed E-state index contributed by atoms with van der Waals surface area (Å²) in [6.07, 6.45) is 4.20. The second-order valence-corrected chi connectivity index (χ2v) is 8.49. The maximum Gasteiger partial charge on any atom is 0.233 e. The van der Waals surface area contributed by atoms with E-state index >= 15 is 0 Å². The molecule has 2 heterocycles. The summed E-state index contributed by atoms with van der Waals surface area (Å²) < 4.78 is 0. The fourth-order valence-electron chi connectivity index (χ4n) is 4.69. The van der Waals surface area contributed by atoms with Crippen molar-refractivity contribution in [2.75, 3.05) is 45.8 Å². The minimum Gasteiger partial charge on any atom is -0.343 e. The average Bonchev–Trinajstić information content (AvgIpc) is 3.53. The van der Waals surface area contributed by atoms with Crippen molar-refractivity contribution in [3.63, 3.8) is 0 Å². The van der Waals surface area contributed by atoms with E-state index in [1.165, 1.54) is 19.4 Å². The Morgan fingerprint density at radius 1 is 0.926 bits per heavy atom. The van der Waals surface area contributed by atoms with Crippen LogP contribution in [0.5, 0.6) is 0 Å². The highest BCUT2D eigenvalue weighted by Crippen LogP contribution is 2.38. The number of hydrogen-bond donors (Lipinski definition) is 0. The van der Waals surface area contributed by atoms with Crippen molar-refractivity contribution < 1.29 is 9.59 Å². The van der Waals surface area contributed by atoms with Crippen LogP contribution >= 0.6 is 0 Å². The van der Waals surface area contributed by atoms with Gasteiger partial charge < -0.3 is 9.80 Å². The summed E-state index contributed by atoms with van der Waals surface area (Å²) in [6.45, 7) is 7.80.